The van der Waals surface area contributed by atoms with Crippen LogP contribution in [-0.2, 0) is 5.75 Å². The lowest BCUT2D eigenvalue weighted by Gasteiger charge is -2.21. The fourth-order valence-electron chi connectivity index (χ4n) is 3.43. The van der Waals surface area contributed by atoms with Gasteiger partial charge in [0.15, 0.2) is 0 Å². The molecule has 0 saturated heterocycles. The first-order valence-electron chi connectivity index (χ1n) is 8.27. The number of thiophene rings is 1. The van der Waals surface area contributed by atoms with Crippen LogP contribution in [-0.4, -0.2) is 28.3 Å². The van der Waals surface area contributed by atoms with Gasteiger partial charge in [-0.1, -0.05) is 0 Å². The molecule has 1 unspecified atom stereocenters. The molecule has 134 valence electrons. The van der Waals surface area contributed by atoms with Crippen molar-refractivity contribution in [3.8, 4) is 10.4 Å². The molecule has 0 amide bonds. The number of rotatable bonds is 3. The fraction of sp³-hybridized carbons (Fsp3) is 0.263. The van der Waals surface area contributed by atoms with E-state index in [1.165, 1.54) is 25.8 Å². The number of aromatic carboxylic acids is 1. The molecule has 0 spiro atoms. The Morgan fingerprint density at radius 3 is 2.88 bits per heavy atom. The standard InChI is InChI=1S/C19H18N2O3S2/c1-10-11(16-7-13-14(20-2)8-25-9-17(13)26-16)5-6-21-15(10)4-3-12(18(21)22)19(23)24/h3-7,14,20H,8-9H2,1-2H3,(H,23,24). The Hall–Kier alpha value is -2.09. The minimum absolute atomic E-state index is 0.213. The highest BCUT2D eigenvalue weighted by Crippen LogP contribution is 2.42. The topological polar surface area (TPSA) is 70.8 Å². The lowest BCUT2D eigenvalue weighted by Crippen LogP contribution is -2.22. The number of fused-ring (bicyclic) bond motifs is 2. The van der Waals surface area contributed by atoms with Gasteiger partial charge in [-0.25, -0.2) is 4.79 Å². The van der Waals surface area contributed by atoms with E-state index in [0.29, 0.717) is 6.04 Å². The Bertz CT molecular complexity index is 1080. The highest BCUT2D eigenvalue weighted by Gasteiger charge is 2.23. The number of nitrogens with zero attached hydrogens (tertiary/aromatic N) is 1. The molecule has 0 fully saturated rings. The van der Waals surface area contributed by atoms with Crippen molar-refractivity contribution in [1.29, 1.82) is 0 Å². The van der Waals surface area contributed by atoms with Crippen LogP contribution in [0.4, 0.5) is 0 Å². The molecular weight excluding hydrogens is 368 g/mol. The quantitative estimate of drug-likeness (QED) is 0.720. The number of nitrogens with one attached hydrogen (secondary N) is 1. The maximum Gasteiger partial charge on any atom is 0.341 e. The first-order valence-corrected chi connectivity index (χ1v) is 10.2. The normalized spacial score (nSPS) is 16.6. The summed E-state index contributed by atoms with van der Waals surface area (Å²) in [7, 11) is 1.99. The summed E-state index contributed by atoms with van der Waals surface area (Å²) in [5.41, 5.74) is 3.46. The highest BCUT2D eigenvalue weighted by molar-refractivity contribution is 7.98. The molecule has 1 aliphatic heterocycles. The molecule has 0 aromatic carbocycles. The van der Waals surface area contributed by atoms with Crippen LogP contribution in [0, 0.1) is 6.92 Å². The van der Waals surface area contributed by atoms with Crippen molar-refractivity contribution >= 4 is 34.6 Å². The second-order valence-corrected chi connectivity index (χ2v) is 8.48. The number of carbonyl (C=O) groups is 1. The van der Waals surface area contributed by atoms with Gasteiger partial charge in [-0.2, -0.15) is 11.8 Å². The third-order valence-electron chi connectivity index (χ3n) is 4.87. The van der Waals surface area contributed by atoms with E-state index in [1.54, 1.807) is 23.6 Å². The number of thioether (sulfide) groups is 1. The molecule has 0 aliphatic carbocycles. The van der Waals surface area contributed by atoms with E-state index in [0.717, 1.165) is 28.1 Å². The summed E-state index contributed by atoms with van der Waals surface area (Å²) in [5, 5.41) is 12.5. The van der Waals surface area contributed by atoms with E-state index in [2.05, 4.69) is 11.4 Å². The second kappa shape index (κ2) is 6.57. The molecule has 1 aliphatic rings. The van der Waals surface area contributed by atoms with Gasteiger partial charge in [0, 0.05) is 33.5 Å². The Balaban J connectivity index is 1.87. The van der Waals surface area contributed by atoms with Crippen LogP contribution in [0.15, 0.2) is 35.3 Å². The Kier molecular flexibility index (Phi) is 4.38. The van der Waals surface area contributed by atoms with Gasteiger partial charge in [-0.15, -0.1) is 11.3 Å². The third-order valence-corrected chi connectivity index (χ3v) is 7.30. The molecule has 3 aromatic rings. The number of aryl methyl sites for hydroxylation is 1. The van der Waals surface area contributed by atoms with Gasteiger partial charge in [0.1, 0.15) is 5.56 Å². The number of pyridine rings is 2. The predicted molar refractivity (Wildman–Crippen MR) is 107 cm³/mol. The van der Waals surface area contributed by atoms with Crippen LogP contribution >= 0.6 is 23.1 Å². The van der Waals surface area contributed by atoms with Crippen molar-refractivity contribution in [2.75, 3.05) is 12.8 Å². The maximum absolute atomic E-state index is 12.4. The zero-order chi connectivity index (χ0) is 18.4. The molecule has 0 saturated carbocycles. The van der Waals surface area contributed by atoms with Gasteiger partial charge in [0.05, 0.1) is 5.52 Å². The van der Waals surface area contributed by atoms with E-state index in [-0.39, 0.29) is 5.56 Å². The van der Waals surface area contributed by atoms with Crippen molar-refractivity contribution in [2.45, 2.75) is 18.7 Å². The van der Waals surface area contributed by atoms with Gasteiger partial charge >= 0.3 is 5.97 Å². The van der Waals surface area contributed by atoms with Crippen LogP contribution in [0.5, 0.6) is 0 Å². The van der Waals surface area contributed by atoms with Crippen LogP contribution in [0.3, 0.4) is 0 Å². The Morgan fingerprint density at radius 1 is 1.35 bits per heavy atom. The number of carboxylic acids is 1. The summed E-state index contributed by atoms with van der Waals surface area (Å²) in [5.74, 6) is 0.906. The summed E-state index contributed by atoms with van der Waals surface area (Å²) in [6.45, 7) is 1.98. The molecule has 2 N–H and O–H groups in total. The van der Waals surface area contributed by atoms with E-state index in [4.69, 9.17) is 5.11 Å². The van der Waals surface area contributed by atoms with Crippen molar-refractivity contribution in [2.24, 2.45) is 0 Å². The summed E-state index contributed by atoms with van der Waals surface area (Å²) in [4.78, 5) is 26.2. The fourth-order valence-corrected chi connectivity index (χ4v) is 6.07. The minimum atomic E-state index is -1.20. The summed E-state index contributed by atoms with van der Waals surface area (Å²) in [6.07, 6.45) is 1.68. The van der Waals surface area contributed by atoms with Crippen LogP contribution in [0.25, 0.3) is 16.0 Å². The van der Waals surface area contributed by atoms with E-state index < -0.39 is 11.5 Å². The molecule has 0 bridgehead atoms. The van der Waals surface area contributed by atoms with Crippen LogP contribution < -0.4 is 10.9 Å². The lowest BCUT2D eigenvalue weighted by atomic mass is 10.0. The number of aromatic nitrogens is 1. The van der Waals surface area contributed by atoms with Gasteiger partial charge in [0.2, 0.25) is 0 Å². The third kappa shape index (κ3) is 2.67. The monoisotopic (exact) mass is 386 g/mol. The molecule has 4 heterocycles. The largest absolute Gasteiger partial charge is 0.477 e. The van der Waals surface area contributed by atoms with Crippen LogP contribution in [0.1, 0.15) is 32.4 Å². The van der Waals surface area contributed by atoms with Crippen LogP contribution in [0.2, 0.25) is 0 Å². The number of carboxylic acid groups (broad SMARTS) is 1. The molecule has 5 nitrogen and oxygen atoms in total. The van der Waals surface area contributed by atoms with Gasteiger partial charge in [0.25, 0.3) is 5.56 Å². The average molecular weight is 386 g/mol. The number of hydrogen-bond acceptors (Lipinski definition) is 5. The van der Waals surface area contributed by atoms with E-state index >= 15 is 0 Å². The molecule has 3 aromatic heterocycles. The van der Waals surface area contributed by atoms with Gasteiger partial charge in [-0.05, 0) is 54.9 Å². The van der Waals surface area contributed by atoms with Crippen molar-refractivity contribution < 1.29 is 9.90 Å². The first kappa shape index (κ1) is 17.3. The molecule has 7 heteroatoms. The van der Waals surface area contributed by atoms with Gasteiger partial charge < -0.3 is 10.4 Å². The highest BCUT2D eigenvalue weighted by atomic mass is 32.2. The summed E-state index contributed by atoms with van der Waals surface area (Å²) in [6, 6.07) is 7.64. The second-order valence-electron chi connectivity index (χ2n) is 6.31. The Labute approximate surface area is 158 Å². The SMILES string of the molecule is CNC1CSCc2sc(-c3ccn4c(=O)c(C(=O)O)ccc4c3C)cc21. The molecule has 1 atom stereocenters. The smallest absolute Gasteiger partial charge is 0.341 e. The Morgan fingerprint density at radius 2 is 2.15 bits per heavy atom. The van der Waals surface area contributed by atoms with Crippen molar-refractivity contribution in [3.05, 3.63) is 62.4 Å². The number of hydrogen-bond donors (Lipinski definition) is 2. The minimum Gasteiger partial charge on any atom is -0.477 e. The zero-order valence-electron chi connectivity index (χ0n) is 14.4. The molecule has 4 rings (SSSR count). The van der Waals surface area contributed by atoms with Crippen molar-refractivity contribution in [3.63, 3.8) is 0 Å². The van der Waals surface area contributed by atoms with Gasteiger partial charge in [-0.3, -0.25) is 9.20 Å². The average Bonchev–Trinajstić information content (AvgIpc) is 3.06. The summed E-state index contributed by atoms with van der Waals surface area (Å²) >= 11 is 3.74. The van der Waals surface area contributed by atoms with Crippen molar-refractivity contribution in [1.82, 2.24) is 9.72 Å². The maximum atomic E-state index is 12.4. The molecular formula is C19H18N2O3S2. The first-order chi connectivity index (χ1) is 12.5. The predicted octanol–water partition coefficient (Wildman–Crippen LogP) is 3.54. The molecule has 26 heavy (non-hydrogen) atoms. The van der Waals surface area contributed by atoms with E-state index in [1.807, 2.05) is 31.8 Å². The summed E-state index contributed by atoms with van der Waals surface area (Å²) < 4.78 is 1.42. The zero-order valence-corrected chi connectivity index (χ0v) is 16.0. The lowest BCUT2D eigenvalue weighted by molar-refractivity contribution is 0.0695. The molecule has 0 radical (unpaired) electrons. The van der Waals surface area contributed by atoms with E-state index in [9.17, 15) is 9.59 Å².